The molecule has 0 amide bonds. The zero-order valence-electron chi connectivity index (χ0n) is 20.6. The third-order valence-electron chi connectivity index (χ3n) is 5.45. The number of benzene rings is 3. The summed E-state index contributed by atoms with van der Waals surface area (Å²) in [6.07, 6.45) is 4.31. The fraction of sp³-hybridized carbons (Fsp3) is 0.194. The van der Waals surface area contributed by atoms with Gasteiger partial charge in [-0.25, -0.2) is 0 Å². The highest BCUT2D eigenvalue weighted by molar-refractivity contribution is 7.14. The molecule has 1 aromatic heterocycles. The highest BCUT2D eigenvalue weighted by atomic mass is 32.1. The van der Waals surface area contributed by atoms with Gasteiger partial charge in [-0.15, -0.1) is 11.3 Å². The van der Waals surface area contributed by atoms with Gasteiger partial charge in [0.15, 0.2) is 17.3 Å². The second kappa shape index (κ2) is 12.8. The normalized spacial score (nSPS) is 10.9. The summed E-state index contributed by atoms with van der Waals surface area (Å²) in [6, 6.07) is 27.8. The standard InChI is InChI=1S/C31H30O4S/c1-3-33-29-18-13-25(21-30(29)34-4-2)22-35-26-14-10-23(11-15-26)12-17-28(32)31-19-16-27(36-31)20-24-8-6-5-7-9-24/h5-19,21H,3-4,20,22H2,1-2H3/b17-12+. The lowest BCUT2D eigenvalue weighted by molar-refractivity contribution is 0.105. The van der Waals surface area contributed by atoms with Gasteiger partial charge in [0.05, 0.1) is 18.1 Å². The van der Waals surface area contributed by atoms with E-state index in [9.17, 15) is 4.79 Å². The molecule has 0 radical (unpaired) electrons. The molecule has 0 aliphatic rings. The Bertz CT molecular complexity index is 1290. The van der Waals surface area contributed by atoms with Crippen LogP contribution in [0.3, 0.4) is 0 Å². The molecule has 4 nitrogen and oxygen atoms in total. The number of thiophene rings is 1. The molecular formula is C31H30O4S. The lowest BCUT2D eigenvalue weighted by Gasteiger charge is -2.13. The number of hydrogen-bond acceptors (Lipinski definition) is 5. The summed E-state index contributed by atoms with van der Waals surface area (Å²) < 4.78 is 17.2. The van der Waals surface area contributed by atoms with Crippen molar-refractivity contribution in [2.45, 2.75) is 26.9 Å². The van der Waals surface area contributed by atoms with Gasteiger partial charge in [-0.1, -0.05) is 54.6 Å². The minimum absolute atomic E-state index is 0.0141. The van der Waals surface area contributed by atoms with Crippen molar-refractivity contribution in [2.75, 3.05) is 13.2 Å². The average Bonchev–Trinajstić information content (AvgIpc) is 3.37. The van der Waals surface area contributed by atoms with Gasteiger partial charge in [-0.05, 0) is 73.0 Å². The number of hydrogen-bond donors (Lipinski definition) is 0. The van der Waals surface area contributed by atoms with E-state index in [0.29, 0.717) is 19.8 Å². The molecule has 0 saturated heterocycles. The largest absolute Gasteiger partial charge is 0.490 e. The highest BCUT2D eigenvalue weighted by Crippen LogP contribution is 2.29. The topological polar surface area (TPSA) is 44.8 Å². The van der Waals surface area contributed by atoms with E-state index in [1.165, 1.54) is 10.4 Å². The fourth-order valence-corrected chi connectivity index (χ4v) is 4.65. The van der Waals surface area contributed by atoms with Crippen LogP contribution in [0.25, 0.3) is 6.08 Å². The second-order valence-electron chi connectivity index (χ2n) is 8.13. The van der Waals surface area contributed by atoms with E-state index in [1.54, 1.807) is 17.4 Å². The molecule has 5 heteroatoms. The van der Waals surface area contributed by atoms with Crippen molar-refractivity contribution in [3.8, 4) is 17.2 Å². The Morgan fingerprint density at radius 3 is 2.28 bits per heavy atom. The maximum Gasteiger partial charge on any atom is 0.195 e. The SMILES string of the molecule is CCOc1ccc(COc2ccc(/C=C/C(=O)c3ccc(Cc4ccccc4)s3)cc2)cc1OCC. The molecule has 4 rings (SSSR count). The summed E-state index contributed by atoms with van der Waals surface area (Å²) in [6.45, 7) is 5.48. The zero-order chi connectivity index (χ0) is 25.2. The van der Waals surface area contributed by atoms with E-state index in [4.69, 9.17) is 14.2 Å². The number of rotatable bonds is 12. The molecule has 3 aromatic carbocycles. The van der Waals surface area contributed by atoms with Crippen molar-refractivity contribution in [3.63, 3.8) is 0 Å². The van der Waals surface area contributed by atoms with Gasteiger partial charge in [0, 0.05) is 11.3 Å². The summed E-state index contributed by atoms with van der Waals surface area (Å²) in [5.74, 6) is 2.24. The van der Waals surface area contributed by atoms with Gasteiger partial charge >= 0.3 is 0 Å². The van der Waals surface area contributed by atoms with Crippen LogP contribution < -0.4 is 14.2 Å². The Balaban J connectivity index is 1.31. The van der Waals surface area contributed by atoms with E-state index in [0.717, 1.165) is 39.7 Å². The van der Waals surface area contributed by atoms with Crippen LogP contribution in [0.5, 0.6) is 17.2 Å². The van der Waals surface area contributed by atoms with Crippen LogP contribution in [-0.2, 0) is 13.0 Å². The first-order chi connectivity index (χ1) is 17.6. The van der Waals surface area contributed by atoms with Crippen molar-refractivity contribution in [1.82, 2.24) is 0 Å². The van der Waals surface area contributed by atoms with Crippen molar-refractivity contribution < 1.29 is 19.0 Å². The maximum atomic E-state index is 12.6. The lowest BCUT2D eigenvalue weighted by Crippen LogP contribution is -2.01. The lowest BCUT2D eigenvalue weighted by atomic mass is 10.1. The van der Waals surface area contributed by atoms with Gasteiger partial charge in [0.2, 0.25) is 0 Å². The van der Waals surface area contributed by atoms with Gasteiger partial charge in [-0.3, -0.25) is 4.79 Å². The summed E-state index contributed by atoms with van der Waals surface area (Å²) in [7, 11) is 0. The van der Waals surface area contributed by atoms with Gasteiger partial charge < -0.3 is 14.2 Å². The number of ketones is 1. The number of carbonyl (C=O) groups is 1. The Morgan fingerprint density at radius 2 is 1.53 bits per heavy atom. The Labute approximate surface area is 216 Å². The molecule has 184 valence electrons. The Morgan fingerprint density at radius 1 is 0.778 bits per heavy atom. The molecule has 0 N–H and O–H groups in total. The van der Waals surface area contributed by atoms with E-state index < -0.39 is 0 Å². The van der Waals surface area contributed by atoms with Crippen LogP contribution in [0.4, 0.5) is 0 Å². The van der Waals surface area contributed by atoms with Crippen LogP contribution >= 0.6 is 11.3 Å². The smallest absolute Gasteiger partial charge is 0.195 e. The Kier molecular flexibility index (Phi) is 8.95. The maximum absolute atomic E-state index is 12.6. The number of carbonyl (C=O) groups excluding carboxylic acids is 1. The van der Waals surface area contributed by atoms with Crippen LogP contribution in [0.2, 0.25) is 0 Å². The monoisotopic (exact) mass is 498 g/mol. The van der Waals surface area contributed by atoms with Crippen molar-refractivity contribution in [2.24, 2.45) is 0 Å². The van der Waals surface area contributed by atoms with Gasteiger partial charge in [0.25, 0.3) is 0 Å². The van der Waals surface area contributed by atoms with Crippen molar-refractivity contribution >= 4 is 23.2 Å². The first-order valence-electron chi connectivity index (χ1n) is 12.1. The van der Waals surface area contributed by atoms with E-state index in [2.05, 4.69) is 12.1 Å². The van der Waals surface area contributed by atoms with Crippen LogP contribution in [0, 0.1) is 0 Å². The molecule has 0 saturated carbocycles. The molecule has 0 atom stereocenters. The predicted molar refractivity (Wildman–Crippen MR) is 146 cm³/mol. The molecule has 4 aromatic rings. The van der Waals surface area contributed by atoms with Gasteiger partial charge in [-0.2, -0.15) is 0 Å². The molecule has 0 unspecified atom stereocenters. The summed E-state index contributed by atoms with van der Waals surface area (Å²) in [5.41, 5.74) is 3.18. The molecule has 0 spiro atoms. The Hall–Kier alpha value is -3.83. The molecule has 1 heterocycles. The highest BCUT2D eigenvalue weighted by Gasteiger charge is 2.08. The van der Waals surface area contributed by atoms with E-state index in [-0.39, 0.29) is 5.78 Å². The van der Waals surface area contributed by atoms with Crippen LogP contribution in [-0.4, -0.2) is 19.0 Å². The van der Waals surface area contributed by atoms with Crippen molar-refractivity contribution in [1.29, 1.82) is 0 Å². The summed E-state index contributed by atoms with van der Waals surface area (Å²) >= 11 is 1.55. The third-order valence-corrected chi connectivity index (χ3v) is 6.55. The minimum Gasteiger partial charge on any atom is -0.490 e. The first kappa shape index (κ1) is 25.3. The van der Waals surface area contributed by atoms with E-state index >= 15 is 0 Å². The second-order valence-corrected chi connectivity index (χ2v) is 9.30. The van der Waals surface area contributed by atoms with Crippen molar-refractivity contribution in [3.05, 3.63) is 117 Å². The predicted octanol–water partition coefficient (Wildman–Crippen LogP) is 7.61. The average molecular weight is 499 g/mol. The van der Waals surface area contributed by atoms with Crippen LogP contribution in [0.15, 0.2) is 91.0 Å². The minimum atomic E-state index is 0.0141. The molecule has 0 fully saturated rings. The molecule has 36 heavy (non-hydrogen) atoms. The summed E-state index contributed by atoms with van der Waals surface area (Å²) in [4.78, 5) is 14.6. The van der Waals surface area contributed by atoms with Crippen LogP contribution in [0.1, 0.15) is 45.1 Å². The van der Waals surface area contributed by atoms with E-state index in [1.807, 2.05) is 92.7 Å². The first-order valence-corrected chi connectivity index (χ1v) is 12.9. The van der Waals surface area contributed by atoms with Gasteiger partial charge in [0.1, 0.15) is 12.4 Å². The molecule has 0 aliphatic heterocycles. The zero-order valence-corrected chi connectivity index (χ0v) is 21.4. The quantitative estimate of drug-likeness (QED) is 0.149. The molecular weight excluding hydrogens is 468 g/mol. The third kappa shape index (κ3) is 7.09. The molecule has 0 bridgehead atoms. The fourth-order valence-electron chi connectivity index (χ4n) is 3.68. The molecule has 0 aliphatic carbocycles. The number of ether oxygens (including phenoxy) is 3. The summed E-state index contributed by atoms with van der Waals surface area (Å²) in [5, 5.41) is 0. The number of allylic oxidation sites excluding steroid dienone is 1.